The van der Waals surface area contributed by atoms with Crippen LogP contribution < -0.4 is 0 Å². The van der Waals surface area contributed by atoms with Gasteiger partial charge in [0.2, 0.25) is 17.1 Å². The number of nitrogens with one attached hydrogen (secondary N) is 1. The molecule has 2 saturated heterocycles. The van der Waals surface area contributed by atoms with Gasteiger partial charge in [0.15, 0.2) is 11.5 Å². The van der Waals surface area contributed by atoms with E-state index in [2.05, 4.69) is 22.0 Å². The molecule has 3 heterocycles. The third-order valence-electron chi connectivity index (χ3n) is 5.93. The van der Waals surface area contributed by atoms with Gasteiger partial charge in [-0.25, -0.2) is 0 Å². The molecule has 0 spiro atoms. The zero-order valence-corrected chi connectivity index (χ0v) is 17.1. The fraction of sp³-hybridized carbons (Fsp3) is 0.333. The van der Waals surface area contributed by atoms with E-state index in [1.54, 1.807) is 50.2 Å². The number of hydrogen-bond acceptors (Lipinski definition) is 7. The third-order valence-corrected chi connectivity index (χ3v) is 6.46. The van der Waals surface area contributed by atoms with Crippen molar-refractivity contribution in [1.82, 2.24) is 0 Å². The average Bonchev–Trinajstić information content (AvgIpc) is 3.21. The maximum atomic E-state index is 10.2. The van der Waals surface area contributed by atoms with Crippen LogP contribution in [0.5, 0.6) is 0 Å². The monoisotopic (exact) mass is 450 g/mol. The molecule has 4 unspecified atom stereocenters. The quantitative estimate of drug-likeness (QED) is 0.718. The fourth-order valence-electron chi connectivity index (χ4n) is 4.40. The van der Waals surface area contributed by atoms with Crippen molar-refractivity contribution in [3.05, 3.63) is 58.0 Å². The van der Waals surface area contributed by atoms with Gasteiger partial charge < -0.3 is 13.9 Å². The lowest BCUT2D eigenvalue weighted by atomic mass is 9.54. The first-order valence-corrected chi connectivity index (χ1v) is 9.62. The van der Waals surface area contributed by atoms with Gasteiger partial charge in [-0.3, -0.25) is 5.41 Å². The number of hydrogen-bond donors (Lipinski definition) is 1. The molecule has 0 saturated carbocycles. The van der Waals surface area contributed by atoms with Crippen LogP contribution in [0.25, 0.3) is 0 Å². The first-order valence-electron chi connectivity index (χ1n) is 8.83. The number of halogens is 1. The second-order valence-electron chi connectivity index (χ2n) is 7.23. The predicted octanol–water partition coefficient (Wildman–Crippen LogP) is 4.46. The number of ether oxygens (including phenoxy) is 2. The van der Waals surface area contributed by atoms with Crippen molar-refractivity contribution in [2.45, 2.75) is 25.7 Å². The van der Waals surface area contributed by atoms with Crippen LogP contribution in [0.15, 0.2) is 45.3 Å². The summed E-state index contributed by atoms with van der Waals surface area (Å²) < 4.78 is 18.8. The minimum absolute atomic E-state index is 0.233. The Balaban J connectivity index is 2.03. The summed E-state index contributed by atoms with van der Waals surface area (Å²) in [4.78, 5) is 0. The van der Waals surface area contributed by atoms with Crippen LogP contribution in [0.3, 0.4) is 0 Å². The van der Waals surface area contributed by atoms with Gasteiger partial charge in [-0.2, -0.15) is 15.8 Å². The van der Waals surface area contributed by atoms with Gasteiger partial charge in [0.1, 0.15) is 11.5 Å². The molecule has 4 atom stereocenters. The molecule has 8 heteroatoms. The normalized spacial score (nSPS) is 31.9. The molecule has 1 N–H and O–H groups in total. The summed E-state index contributed by atoms with van der Waals surface area (Å²) >= 11 is 3.39. The van der Waals surface area contributed by atoms with Crippen molar-refractivity contribution in [2.24, 2.45) is 16.7 Å². The molecule has 1 aromatic carbocycles. The van der Waals surface area contributed by atoms with Crippen LogP contribution in [0.4, 0.5) is 0 Å². The van der Waals surface area contributed by atoms with Crippen molar-refractivity contribution in [3.63, 3.8) is 0 Å². The minimum Gasteiger partial charge on any atom is -0.464 e. The molecule has 2 aromatic rings. The van der Waals surface area contributed by atoms with Crippen molar-refractivity contribution < 1.29 is 13.9 Å². The number of fused-ring (bicyclic) bond motifs is 2. The van der Waals surface area contributed by atoms with Crippen molar-refractivity contribution in [3.8, 4) is 18.2 Å². The molecule has 2 fully saturated rings. The lowest BCUT2D eigenvalue weighted by Crippen LogP contribution is -2.57. The highest BCUT2D eigenvalue weighted by atomic mass is 79.9. The number of nitriles is 3. The maximum Gasteiger partial charge on any atom is 0.244 e. The zero-order valence-electron chi connectivity index (χ0n) is 15.6. The molecule has 29 heavy (non-hydrogen) atoms. The Labute approximate surface area is 175 Å². The van der Waals surface area contributed by atoms with Crippen molar-refractivity contribution >= 4 is 21.8 Å². The lowest BCUT2D eigenvalue weighted by Gasteiger charge is -2.47. The summed E-state index contributed by atoms with van der Waals surface area (Å²) in [7, 11) is 0. The van der Waals surface area contributed by atoms with E-state index in [-0.39, 0.29) is 5.76 Å². The maximum absolute atomic E-state index is 10.2. The summed E-state index contributed by atoms with van der Waals surface area (Å²) in [6.07, 6.45) is -1.23. The number of rotatable bonds is 2. The Morgan fingerprint density at radius 1 is 1.03 bits per heavy atom. The van der Waals surface area contributed by atoms with Gasteiger partial charge in [0.25, 0.3) is 0 Å². The first-order chi connectivity index (χ1) is 13.8. The number of furan rings is 1. The highest BCUT2D eigenvalue weighted by molar-refractivity contribution is 9.10. The molecule has 7 nitrogen and oxygen atoms in total. The molecule has 144 valence electrons. The van der Waals surface area contributed by atoms with Gasteiger partial charge in [-0.1, -0.05) is 35.0 Å². The summed E-state index contributed by atoms with van der Waals surface area (Å²) in [6, 6.07) is 16.5. The van der Waals surface area contributed by atoms with E-state index in [4.69, 9.17) is 19.3 Å². The van der Waals surface area contributed by atoms with Crippen molar-refractivity contribution in [2.75, 3.05) is 0 Å². The molecule has 2 aliphatic heterocycles. The van der Waals surface area contributed by atoms with Gasteiger partial charge in [-0.15, -0.1) is 0 Å². The molecular formula is C21H15BrN4O3. The third kappa shape index (κ3) is 2.15. The van der Waals surface area contributed by atoms with Gasteiger partial charge in [-0.05, 0) is 31.2 Å². The summed E-state index contributed by atoms with van der Waals surface area (Å²) in [5.41, 5.74) is -3.29. The zero-order chi connectivity index (χ0) is 21.0. The number of aryl methyl sites for hydroxylation is 1. The highest BCUT2D eigenvalue weighted by Gasteiger charge is 2.80. The molecule has 0 amide bonds. The minimum atomic E-state index is -2.03. The topological polar surface area (TPSA) is 127 Å². The van der Waals surface area contributed by atoms with Gasteiger partial charge >= 0.3 is 0 Å². The second-order valence-corrected chi connectivity index (χ2v) is 8.14. The van der Waals surface area contributed by atoms with Gasteiger partial charge in [0.05, 0.1) is 24.1 Å². The molecule has 2 aliphatic rings. The molecular weight excluding hydrogens is 436 g/mol. The largest absolute Gasteiger partial charge is 0.464 e. The fourth-order valence-corrected chi connectivity index (χ4v) is 4.66. The molecule has 4 rings (SSSR count). The number of benzene rings is 1. The van der Waals surface area contributed by atoms with E-state index in [1.807, 2.05) is 12.1 Å². The van der Waals surface area contributed by atoms with Gasteiger partial charge in [0, 0.05) is 10.0 Å². The Kier molecular flexibility index (Phi) is 4.10. The Bertz CT molecular complexity index is 1120. The van der Waals surface area contributed by atoms with Crippen LogP contribution in [0.1, 0.15) is 30.1 Å². The molecule has 2 bridgehead atoms. The van der Waals surface area contributed by atoms with Crippen molar-refractivity contribution in [1.29, 1.82) is 21.2 Å². The summed E-state index contributed by atoms with van der Waals surface area (Å²) in [5, 5.41) is 39.0. The Hall–Kier alpha value is -3.12. The first kappa shape index (κ1) is 19.2. The number of nitrogens with zero attached hydrogens (tertiary/aromatic N) is 3. The van der Waals surface area contributed by atoms with Crippen LogP contribution >= 0.6 is 15.9 Å². The lowest BCUT2D eigenvalue weighted by molar-refractivity contribution is -0.292. The van der Waals surface area contributed by atoms with Crippen LogP contribution in [0.2, 0.25) is 0 Å². The SMILES string of the molecule is Cc1ccc(C2OC3(c4ccc(Br)cc4)OC(=N)C(C#N)(C3C)C2(C#N)C#N)o1. The molecule has 0 aliphatic carbocycles. The predicted molar refractivity (Wildman–Crippen MR) is 103 cm³/mol. The van der Waals surface area contributed by atoms with E-state index >= 15 is 0 Å². The average molecular weight is 451 g/mol. The Morgan fingerprint density at radius 3 is 2.21 bits per heavy atom. The summed E-state index contributed by atoms with van der Waals surface area (Å²) in [6.45, 7) is 3.40. The standard InChI is InChI=1S/C21H15BrN4O3/c1-12-3-8-16(27-12)17-19(9-23,10-24)20(11-25)13(2)21(28-17,29-18(20)26)14-4-6-15(22)7-5-14/h3-8,13,17,26H,1-2H3. The van der Waals surface area contributed by atoms with Crippen LogP contribution in [-0.4, -0.2) is 5.90 Å². The van der Waals surface area contributed by atoms with E-state index in [0.717, 1.165) is 4.47 Å². The second kappa shape index (κ2) is 6.19. The van der Waals surface area contributed by atoms with Crippen LogP contribution in [-0.2, 0) is 15.3 Å². The van der Waals surface area contributed by atoms with E-state index in [9.17, 15) is 15.8 Å². The van der Waals surface area contributed by atoms with E-state index in [1.165, 1.54) is 0 Å². The van der Waals surface area contributed by atoms with Crippen LogP contribution in [0, 0.1) is 63.1 Å². The highest BCUT2D eigenvalue weighted by Crippen LogP contribution is 2.69. The van der Waals surface area contributed by atoms with E-state index < -0.39 is 34.5 Å². The van der Waals surface area contributed by atoms with E-state index in [0.29, 0.717) is 11.3 Å². The summed E-state index contributed by atoms with van der Waals surface area (Å²) in [5.74, 6) is -1.98. The Morgan fingerprint density at radius 2 is 1.69 bits per heavy atom. The molecule has 0 radical (unpaired) electrons. The molecule has 1 aromatic heterocycles. The smallest absolute Gasteiger partial charge is 0.244 e.